The third kappa shape index (κ3) is 5.28. The molecule has 0 spiro atoms. The van der Waals surface area contributed by atoms with Gasteiger partial charge in [0, 0.05) is 36.7 Å². The van der Waals surface area contributed by atoms with Gasteiger partial charge in [-0.05, 0) is 43.5 Å². The second-order valence-corrected chi connectivity index (χ2v) is 9.00. The molecule has 1 amide bonds. The fourth-order valence-corrected chi connectivity index (χ4v) is 4.45. The van der Waals surface area contributed by atoms with E-state index in [4.69, 9.17) is 6.57 Å². The van der Waals surface area contributed by atoms with Crippen molar-refractivity contribution >= 4 is 11.6 Å². The van der Waals surface area contributed by atoms with Crippen LogP contribution in [0.3, 0.4) is 0 Å². The predicted molar refractivity (Wildman–Crippen MR) is 126 cm³/mol. The Kier molecular flexibility index (Phi) is 7.18. The smallest absolute Gasteiger partial charge is 0.253 e. The number of anilines is 1. The Morgan fingerprint density at radius 3 is 2.66 bits per heavy atom. The maximum atomic E-state index is 12.9. The van der Waals surface area contributed by atoms with Crippen LogP contribution in [0, 0.1) is 23.8 Å². The highest BCUT2D eigenvalue weighted by atomic mass is 16.3. The molecule has 0 aromatic heterocycles. The summed E-state index contributed by atoms with van der Waals surface area (Å²) < 4.78 is 0. The van der Waals surface area contributed by atoms with E-state index in [1.807, 2.05) is 61.3 Å². The Balaban J connectivity index is 1.75. The molecule has 0 heterocycles. The van der Waals surface area contributed by atoms with Gasteiger partial charge in [0.2, 0.25) is 6.04 Å². The van der Waals surface area contributed by atoms with Crippen LogP contribution in [0.1, 0.15) is 38.7 Å². The van der Waals surface area contributed by atoms with Gasteiger partial charge in [0.25, 0.3) is 5.91 Å². The van der Waals surface area contributed by atoms with E-state index in [2.05, 4.69) is 16.2 Å². The number of nitriles is 1. The zero-order valence-corrected chi connectivity index (χ0v) is 18.9. The molecule has 0 saturated heterocycles. The van der Waals surface area contributed by atoms with Gasteiger partial charge in [-0.25, -0.2) is 6.57 Å². The Morgan fingerprint density at radius 1 is 1.31 bits per heavy atom. The van der Waals surface area contributed by atoms with Gasteiger partial charge in [0.1, 0.15) is 0 Å². The lowest BCUT2D eigenvalue weighted by atomic mass is 9.83. The van der Waals surface area contributed by atoms with Gasteiger partial charge in [-0.1, -0.05) is 37.3 Å². The number of nitrogens with zero attached hydrogens (tertiary/aromatic N) is 3. The minimum atomic E-state index is -1.60. The first-order valence-electron chi connectivity index (χ1n) is 11.0. The zero-order valence-electron chi connectivity index (χ0n) is 18.9. The summed E-state index contributed by atoms with van der Waals surface area (Å²) in [6.45, 7) is 10.9. The zero-order chi connectivity index (χ0) is 23.3. The van der Waals surface area contributed by atoms with Crippen LogP contribution in [0.2, 0.25) is 0 Å². The maximum absolute atomic E-state index is 12.9. The number of nitrogens with one attached hydrogen (secondary N) is 1. The van der Waals surface area contributed by atoms with Crippen molar-refractivity contribution in [2.75, 3.05) is 18.5 Å². The number of carbonyl (C=O) groups excluding carboxylic acids is 1. The third-order valence-electron chi connectivity index (χ3n) is 6.28. The number of likely N-dealkylation sites (N-methyl/N-ethyl adjacent to an activating group) is 1. The molecule has 6 heteroatoms. The summed E-state index contributed by atoms with van der Waals surface area (Å²) in [5.74, 6) is -0.177. The molecule has 2 aromatic carbocycles. The van der Waals surface area contributed by atoms with Gasteiger partial charge < -0.3 is 20.2 Å². The average Bonchev–Trinajstić information content (AvgIpc) is 2.79. The van der Waals surface area contributed by atoms with Crippen LogP contribution in [0.5, 0.6) is 0 Å². The van der Waals surface area contributed by atoms with E-state index in [9.17, 15) is 15.2 Å². The van der Waals surface area contributed by atoms with Crippen LogP contribution in [0.25, 0.3) is 16.0 Å². The van der Waals surface area contributed by atoms with E-state index in [1.165, 1.54) is 6.92 Å². The number of hydrogen-bond donors (Lipinski definition) is 2. The molecule has 4 atom stereocenters. The van der Waals surface area contributed by atoms with Gasteiger partial charge >= 0.3 is 0 Å². The first-order chi connectivity index (χ1) is 15.2. The van der Waals surface area contributed by atoms with Crippen LogP contribution in [-0.2, 0) is 4.79 Å². The van der Waals surface area contributed by atoms with Crippen molar-refractivity contribution in [3.63, 3.8) is 0 Å². The quantitative estimate of drug-likeness (QED) is 0.679. The Labute approximate surface area is 190 Å². The van der Waals surface area contributed by atoms with E-state index in [-0.39, 0.29) is 24.5 Å². The van der Waals surface area contributed by atoms with Crippen LogP contribution < -0.4 is 10.2 Å². The van der Waals surface area contributed by atoms with Crippen LogP contribution >= 0.6 is 0 Å². The SMILES string of the molecule is [C-]#[N+]C1CCC(NC(=O)[C@@](C)(O)CN(C)c2ccc(C#N)cc2-c2ccccc2)CC1C. The monoisotopic (exact) mass is 430 g/mol. The van der Waals surface area contributed by atoms with Crippen molar-refractivity contribution < 1.29 is 9.90 Å². The lowest BCUT2D eigenvalue weighted by molar-refractivity contribution is -0.138. The normalized spacial score (nSPS) is 22.1. The molecule has 0 radical (unpaired) electrons. The molecule has 0 bridgehead atoms. The van der Waals surface area contributed by atoms with Crippen LogP contribution in [0.4, 0.5) is 5.69 Å². The van der Waals surface area contributed by atoms with Gasteiger partial charge in [-0.2, -0.15) is 5.26 Å². The number of rotatable bonds is 6. The van der Waals surface area contributed by atoms with Crippen molar-refractivity contribution in [1.82, 2.24) is 5.32 Å². The highest BCUT2D eigenvalue weighted by molar-refractivity contribution is 5.86. The van der Waals surface area contributed by atoms with Gasteiger partial charge in [0.05, 0.1) is 18.2 Å². The molecular weight excluding hydrogens is 400 g/mol. The Bertz CT molecular complexity index is 1040. The molecule has 166 valence electrons. The largest absolute Gasteiger partial charge is 0.378 e. The highest BCUT2D eigenvalue weighted by Gasteiger charge is 2.37. The number of hydrogen-bond acceptors (Lipinski definition) is 4. The number of aliphatic hydroxyl groups is 1. The first kappa shape index (κ1) is 23.3. The number of carbonyl (C=O) groups is 1. The molecule has 6 nitrogen and oxygen atoms in total. The average molecular weight is 431 g/mol. The summed E-state index contributed by atoms with van der Waals surface area (Å²) in [5, 5.41) is 23.3. The van der Waals surface area contributed by atoms with Gasteiger partial charge in [0.15, 0.2) is 5.60 Å². The summed E-state index contributed by atoms with van der Waals surface area (Å²) in [5.41, 5.74) is 1.61. The maximum Gasteiger partial charge on any atom is 0.253 e. The van der Waals surface area contributed by atoms with E-state index in [1.54, 1.807) is 6.07 Å². The summed E-state index contributed by atoms with van der Waals surface area (Å²) in [7, 11) is 1.83. The second kappa shape index (κ2) is 9.85. The highest BCUT2D eigenvalue weighted by Crippen LogP contribution is 2.32. The molecule has 1 aliphatic rings. The molecule has 1 fully saturated rings. The van der Waals surface area contributed by atoms with Crippen molar-refractivity contribution in [2.24, 2.45) is 5.92 Å². The van der Waals surface area contributed by atoms with E-state index < -0.39 is 11.5 Å². The van der Waals surface area contributed by atoms with Crippen molar-refractivity contribution in [3.8, 4) is 17.2 Å². The van der Waals surface area contributed by atoms with Gasteiger partial charge in [-0.3, -0.25) is 4.79 Å². The van der Waals surface area contributed by atoms with Crippen LogP contribution in [0.15, 0.2) is 48.5 Å². The molecule has 1 saturated carbocycles. The fraction of sp³-hybridized carbons (Fsp3) is 0.423. The summed E-state index contributed by atoms with van der Waals surface area (Å²) in [4.78, 5) is 18.4. The molecule has 32 heavy (non-hydrogen) atoms. The van der Waals surface area contributed by atoms with E-state index in [0.29, 0.717) is 5.56 Å². The Morgan fingerprint density at radius 2 is 2.03 bits per heavy atom. The predicted octanol–water partition coefficient (Wildman–Crippen LogP) is 4.01. The molecule has 3 unspecified atom stereocenters. The molecule has 0 aliphatic heterocycles. The lowest BCUT2D eigenvalue weighted by Crippen LogP contribution is -2.55. The standard InChI is InChI=1S/C26H30N4O2/c1-18-14-21(11-12-23(18)28-3)29-25(31)26(2,32)17-30(4)24-13-10-19(16-27)15-22(24)20-8-6-5-7-9-20/h5-10,13,15,18,21,23,32H,11-12,14,17H2,1-2,4H3,(H,29,31)/t18?,21?,23?,26-/m0/s1. The van der Waals surface area contributed by atoms with Crippen LogP contribution in [-0.4, -0.2) is 42.3 Å². The van der Waals surface area contributed by atoms with E-state index >= 15 is 0 Å². The summed E-state index contributed by atoms with van der Waals surface area (Å²) in [6.07, 6.45) is 2.27. The number of amides is 1. The van der Waals surface area contributed by atoms with Crippen molar-refractivity contribution in [3.05, 3.63) is 65.5 Å². The second-order valence-electron chi connectivity index (χ2n) is 9.00. The summed E-state index contributed by atoms with van der Waals surface area (Å²) in [6, 6.07) is 17.3. The minimum Gasteiger partial charge on any atom is -0.378 e. The fourth-order valence-electron chi connectivity index (χ4n) is 4.45. The summed E-state index contributed by atoms with van der Waals surface area (Å²) >= 11 is 0. The Hall–Kier alpha value is -3.35. The number of benzene rings is 2. The van der Waals surface area contributed by atoms with E-state index in [0.717, 1.165) is 36.1 Å². The molecule has 2 N–H and O–H groups in total. The van der Waals surface area contributed by atoms with Crippen molar-refractivity contribution in [2.45, 2.75) is 50.8 Å². The topological polar surface area (TPSA) is 80.7 Å². The van der Waals surface area contributed by atoms with Crippen molar-refractivity contribution in [1.29, 1.82) is 5.26 Å². The molecular formula is C26H30N4O2. The molecule has 2 aromatic rings. The van der Waals surface area contributed by atoms with Gasteiger partial charge in [-0.15, -0.1) is 0 Å². The molecule has 3 rings (SSSR count). The third-order valence-corrected chi connectivity index (χ3v) is 6.28. The lowest BCUT2D eigenvalue weighted by Gasteiger charge is -2.34. The molecule has 1 aliphatic carbocycles. The minimum absolute atomic E-state index is 0.0163. The first-order valence-corrected chi connectivity index (χ1v) is 11.0.